The molecule has 0 fully saturated rings. The quantitative estimate of drug-likeness (QED) is 0.433. The fraction of sp³-hybridized carbons (Fsp3) is 0.0500. The summed E-state index contributed by atoms with van der Waals surface area (Å²) in [6, 6.07) is 8.89. The van der Waals surface area contributed by atoms with E-state index >= 15 is 0 Å². The zero-order valence-electron chi connectivity index (χ0n) is 14.9. The third-order valence-corrected chi connectivity index (χ3v) is 6.19. The summed E-state index contributed by atoms with van der Waals surface area (Å²) < 4.78 is 44.2. The van der Waals surface area contributed by atoms with Crippen LogP contribution in [0.3, 0.4) is 0 Å². The number of nitrogens with one attached hydrogen (secondary N) is 2. The molecule has 0 saturated heterocycles. The van der Waals surface area contributed by atoms with Gasteiger partial charge in [-0.2, -0.15) is 0 Å². The molecule has 4 rings (SSSR count). The Labute approximate surface area is 182 Å². The molecule has 1 atom stereocenters. The zero-order chi connectivity index (χ0) is 21.6. The number of hydrogen-bond acceptors (Lipinski definition) is 3. The van der Waals surface area contributed by atoms with E-state index in [4.69, 9.17) is 23.2 Å². The van der Waals surface area contributed by atoms with Crippen LogP contribution in [0.1, 0.15) is 15.9 Å². The predicted molar refractivity (Wildman–Crippen MR) is 111 cm³/mol. The number of amides is 1. The van der Waals surface area contributed by atoms with Gasteiger partial charge in [-0.15, -0.1) is 0 Å². The Bertz CT molecular complexity index is 1240. The molecule has 0 aliphatic carbocycles. The van der Waals surface area contributed by atoms with Crippen molar-refractivity contribution in [3.05, 3.63) is 75.3 Å². The monoisotopic (exact) mass is 468 g/mol. The molecule has 30 heavy (non-hydrogen) atoms. The second-order valence-electron chi connectivity index (χ2n) is 6.47. The number of aromatic hydroxyl groups is 1. The van der Waals surface area contributed by atoms with Crippen molar-refractivity contribution in [3.8, 4) is 16.9 Å². The van der Waals surface area contributed by atoms with Gasteiger partial charge in [0.1, 0.15) is 16.5 Å². The van der Waals surface area contributed by atoms with E-state index in [2.05, 4.69) is 10.0 Å². The van der Waals surface area contributed by atoms with Crippen molar-refractivity contribution in [2.45, 2.75) is 11.4 Å². The van der Waals surface area contributed by atoms with Crippen LogP contribution in [-0.2, 0) is 17.5 Å². The van der Waals surface area contributed by atoms with Crippen molar-refractivity contribution in [1.29, 1.82) is 0 Å². The Morgan fingerprint density at radius 1 is 1.00 bits per heavy atom. The van der Waals surface area contributed by atoms with Gasteiger partial charge in [0.05, 0.1) is 10.7 Å². The Kier molecular flexibility index (Phi) is 5.40. The van der Waals surface area contributed by atoms with Gasteiger partial charge in [-0.1, -0.05) is 29.3 Å². The summed E-state index contributed by atoms with van der Waals surface area (Å²) >= 11 is 12.0. The lowest BCUT2D eigenvalue weighted by atomic mass is 9.98. The first-order valence-electron chi connectivity index (χ1n) is 8.51. The molecule has 5 nitrogen and oxygen atoms in total. The largest absolute Gasteiger partial charge is 0.505 e. The van der Waals surface area contributed by atoms with Gasteiger partial charge in [0.15, 0.2) is 16.7 Å². The molecular weight excluding hydrogens is 457 g/mol. The van der Waals surface area contributed by atoms with Gasteiger partial charge in [0, 0.05) is 28.8 Å². The lowest BCUT2D eigenvalue weighted by Gasteiger charge is -2.14. The summed E-state index contributed by atoms with van der Waals surface area (Å²) in [5, 5.41) is 13.0. The standard InChI is InChI=1S/C20H12Cl2F2N2O3S/c21-11-2-1-9-8-25-20(28)10-3-14(22)19(27)18(4-10)30(29)26-17-6-13(12(9)5-11)15(23)7-16(17)24/h1-7,26-27H,8H2,(H,25,28). The first-order chi connectivity index (χ1) is 14.2. The number of benzene rings is 3. The maximum absolute atomic E-state index is 14.6. The molecule has 1 unspecified atom stereocenters. The fourth-order valence-electron chi connectivity index (χ4n) is 3.07. The van der Waals surface area contributed by atoms with E-state index in [-0.39, 0.29) is 33.3 Å². The lowest BCUT2D eigenvalue weighted by molar-refractivity contribution is 0.0950. The van der Waals surface area contributed by atoms with Crippen molar-refractivity contribution in [3.63, 3.8) is 0 Å². The summed E-state index contributed by atoms with van der Waals surface area (Å²) in [5.41, 5.74) is 0.623. The van der Waals surface area contributed by atoms with Crippen LogP contribution < -0.4 is 10.0 Å². The highest BCUT2D eigenvalue weighted by molar-refractivity contribution is 7.86. The van der Waals surface area contributed by atoms with Crippen molar-refractivity contribution in [2.75, 3.05) is 4.72 Å². The summed E-state index contributed by atoms with van der Waals surface area (Å²) in [6.07, 6.45) is 0. The van der Waals surface area contributed by atoms with E-state index in [1.807, 2.05) is 0 Å². The second-order valence-corrected chi connectivity index (χ2v) is 8.50. The van der Waals surface area contributed by atoms with Crippen LogP contribution in [0.4, 0.5) is 14.5 Å². The molecule has 1 heterocycles. The van der Waals surface area contributed by atoms with Crippen LogP contribution in [0.25, 0.3) is 11.1 Å². The Balaban J connectivity index is 1.97. The molecule has 3 aromatic rings. The van der Waals surface area contributed by atoms with Gasteiger partial charge in [0.2, 0.25) is 0 Å². The van der Waals surface area contributed by atoms with E-state index in [1.165, 1.54) is 18.2 Å². The van der Waals surface area contributed by atoms with Crippen LogP contribution in [-0.4, -0.2) is 15.2 Å². The molecule has 4 bridgehead atoms. The van der Waals surface area contributed by atoms with Crippen molar-refractivity contribution >= 4 is 45.8 Å². The van der Waals surface area contributed by atoms with Crippen molar-refractivity contribution < 1.29 is 22.9 Å². The molecule has 1 aliphatic heterocycles. The third-order valence-electron chi connectivity index (χ3n) is 4.55. The minimum atomic E-state index is -2.21. The molecule has 154 valence electrons. The number of phenolic OH excluding ortho intramolecular Hbond substituents is 1. The number of fused-ring (bicyclic) bond motifs is 6. The summed E-state index contributed by atoms with van der Waals surface area (Å²) in [6.45, 7) is 0.00182. The summed E-state index contributed by atoms with van der Waals surface area (Å²) in [7, 11) is -2.21. The number of anilines is 1. The Morgan fingerprint density at radius 2 is 1.77 bits per heavy atom. The van der Waals surface area contributed by atoms with E-state index in [0.29, 0.717) is 22.2 Å². The van der Waals surface area contributed by atoms with Gasteiger partial charge in [-0.3, -0.25) is 9.52 Å². The van der Waals surface area contributed by atoms with E-state index in [9.17, 15) is 22.9 Å². The molecule has 0 spiro atoms. The molecule has 0 saturated carbocycles. The van der Waals surface area contributed by atoms with Crippen molar-refractivity contribution in [2.24, 2.45) is 0 Å². The maximum atomic E-state index is 14.6. The number of phenols is 1. The SMILES string of the molecule is O=C1NCc2ccc(Cl)cc2-c2cc(c(F)cc2F)NS(=O)c2cc1cc(Cl)c2O. The van der Waals surface area contributed by atoms with Crippen LogP contribution >= 0.6 is 23.2 Å². The summed E-state index contributed by atoms with van der Waals surface area (Å²) in [4.78, 5) is 12.4. The topological polar surface area (TPSA) is 78.4 Å². The van der Waals surface area contributed by atoms with E-state index in [0.717, 1.165) is 6.07 Å². The van der Waals surface area contributed by atoms with Crippen LogP contribution in [0.5, 0.6) is 5.75 Å². The minimum absolute atomic E-state index is 0.00182. The lowest BCUT2D eigenvalue weighted by Crippen LogP contribution is -2.23. The molecule has 3 N–H and O–H groups in total. The second kappa shape index (κ2) is 7.86. The zero-order valence-corrected chi connectivity index (χ0v) is 17.3. The van der Waals surface area contributed by atoms with Gasteiger partial charge in [-0.05, 0) is 41.5 Å². The maximum Gasteiger partial charge on any atom is 0.251 e. The molecule has 1 aliphatic rings. The predicted octanol–water partition coefficient (Wildman–Crippen LogP) is 5.02. The molecule has 10 heteroatoms. The van der Waals surface area contributed by atoms with E-state index < -0.39 is 34.3 Å². The molecule has 0 radical (unpaired) electrons. The highest BCUT2D eigenvalue weighted by atomic mass is 35.5. The third kappa shape index (κ3) is 3.74. The van der Waals surface area contributed by atoms with Gasteiger partial charge < -0.3 is 10.4 Å². The Hall–Kier alpha value is -2.68. The average molecular weight is 469 g/mol. The van der Waals surface area contributed by atoms with Crippen LogP contribution in [0, 0.1) is 11.6 Å². The molecule has 3 aromatic carbocycles. The number of rotatable bonds is 0. The molecular formula is C20H12Cl2F2N2O3S. The normalized spacial score (nSPS) is 15.7. The van der Waals surface area contributed by atoms with E-state index in [1.54, 1.807) is 12.1 Å². The van der Waals surface area contributed by atoms with Crippen molar-refractivity contribution in [1.82, 2.24) is 5.32 Å². The number of halogens is 4. The Morgan fingerprint density at radius 3 is 2.53 bits per heavy atom. The first kappa shape index (κ1) is 20.6. The highest BCUT2D eigenvalue weighted by Crippen LogP contribution is 2.36. The van der Waals surface area contributed by atoms with Crippen LogP contribution in [0.15, 0.2) is 47.4 Å². The minimum Gasteiger partial charge on any atom is -0.505 e. The highest BCUT2D eigenvalue weighted by Gasteiger charge is 2.22. The number of hydrogen-bond donors (Lipinski definition) is 3. The fourth-order valence-corrected chi connectivity index (χ4v) is 4.50. The van der Waals surface area contributed by atoms with Gasteiger partial charge in [-0.25, -0.2) is 13.0 Å². The first-order valence-corrected chi connectivity index (χ1v) is 10.4. The van der Waals surface area contributed by atoms with Gasteiger partial charge >= 0.3 is 0 Å². The van der Waals surface area contributed by atoms with Gasteiger partial charge in [0.25, 0.3) is 5.91 Å². The average Bonchev–Trinajstić information content (AvgIpc) is 2.70. The smallest absolute Gasteiger partial charge is 0.251 e. The van der Waals surface area contributed by atoms with Crippen LogP contribution in [0.2, 0.25) is 10.0 Å². The molecule has 1 amide bonds. The summed E-state index contributed by atoms with van der Waals surface area (Å²) in [5.74, 6) is -2.93. The number of carbonyl (C=O) groups excluding carboxylic acids is 1. The number of carbonyl (C=O) groups is 1. The molecule has 0 aromatic heterocycles.